The van der Waals surface area contributed by atoms with Gasteiger partial charge >= 0.3 is 0 Å². The van der Waals surface area contributed by atoms with Crippen LogP contribution in [0.5, 0.6) is 5.75 Å². The van der Waals surface area contributed by atoms with Crippen LogP contribution in [0.2, 0.25) is 0 Å². The van der Waals surface area contributed by atoms with E-state index in [-0.39, 0.29) is 5.82 Å². The van der Waals surface area contributed by atoms with Crippen molar-refractivity contribution in [2.45, 2.75) is 32.0 Å². The molecule has 2 fully saturated rings. The van der Waals surface area contributed by atoms with E-state index in [1.807, 2.05) is 11.7 Å². The zero-order valence-electron chi connectivity index (χ0n) is 18.8. The zero-order valence-corrected chi connectivity index (χ0v) is 19.6. The van der Waals surface area contributed by atoms with E-state index in [9.17, 15) is 4.39 Å². The maximum Gasteiger partial charge on any atom is 0.141 e. The van der Waals surface area contributed by atoms with Crippen LogP contribution in [0, 0.1) is 5.82 Å². The molecular formula is C25H30FN5OS. The number of thiazole rings is 1. The topological polar surface area (TPSA) is 44.7 Å². The first-order valence-corrected chi connectivity index (χ1v) is 12.5. The fraction of sp³-hybridized carbons (Fsp3) is 0.440. The van der Waals surface area contributed by atoms with Gasteiger partial charge in [-0.2, -0.15) is 0 Å². The minimum absolute atomic E-state index is 0.290. The number of benzene rings is 1. The van der Waals surface area contributed by atoms with E-state index in [0.717, 1.165) is 76.8 Å². The number of piperidine rings is 1. The second-order valence-corrected chi connectivity index (χ2v) is 9.77. The lowest BCUT2D eigenvalue weighted by Crippen LogP contribution is -2.46. The van der Waals surface area contributed by atoms with Gasteiger partial charge in [0.1, 0.15) is 23.5 Å². The summed E-state index contributed by atoms with van der Waals surface area (Å²) in [5.74, 6) is 1.53. The molecule has 5 rings (SSSR count). The largest absolute Gasteiger partial charge is 0.490 e. The molecule has 0 radical (unpaired) electrons. The molecule has 0 saturated carbocycles. The molecule has 0 spiro atoms. The Morgan fingerprint density at radius 3 is 2.30 bits per heavy atom. The van der Waals surface area contributed by atoms with E-state index >= 15 is 0 Å². The quantitative estimate of drug-likeness (QED) is 0.523. The number of ether oxygens (including phenoxy) is 1. The van der Waals surface area contributed by atoms with Crippen LogP contribution in [0.25, 0.3) is 0 Å². The predicted molar refractivity (Wildman–Crippen MR) is 129 cm³/mol. The molecule has 33 heavy (non-hydrogen) atoms. The molecule has 0 unspecified atom stereocenters. The van der Waals surface area contributed by atoms with Crippen molar-refractivity contribution in [3.63, 3.8) is 0 Å². The highest BCUT2D eigenvalue weighted by Crippen LogP contribution is 2.22. The average Bonchev–Trinajstić information content (AvgIpc) is 3.36. The van der Waals surface area contributed by atoms with Crippen molar-refractivity contribution in [2.75, 3.05) is 44.2 Å². The first-order valence-electron chi connectivity index (χ1n) is 11.7. The minimum Gasteiger partial charge on any atom is -0.490 e. The first-order chi connectivity index (χ1) is 16.2. The molecule has 0 N–H and O–H groups in total. The molecule has 0 amide bonds. The third kappa shape index (κ3) is 6.07. The van der Waals surface area contributed by atoms with Crippen molar-refractivity contribution < 1.29 is 9.13 Å². The van der Waals surface area contributed by atoms with Gasteiger partial charge in [0.15, 0.2) is 0 Å². The Morgan fingerprint density at radius 2 is 1.64 bits per heavy atom. The standard InChI is InChI=1S/C25H30FN5OS/c26-21-3-6-25(28-15-21)31-13-11-30(12-14-31)17-20-1-4-22(5-2-20)32-23-7-9-29(10-8-23)18-24-16-27-19-33-24/h1-6,15-16,19,23H,7-14,17-18H2. The highest BCUT2D eigenvalue weighted by atomic mass is 32.1. The van der Waals surface area contributed by atoms with E-state index in [2.05, 4.69) is 48.9 Å². The molecule has 2 aromatic heterocycles. The van der Waals surface area contributed by atoms with Gasteiger partial charge < -0.3 is 9.64 Å². The summed E-state index contributed by atoms with van der Waals surface area (Å²) in [7, 11) is 0. The van der Waals surface area contributed by atoms with Crippen molar-refractivity contribution in [3.05, 3.63) is 70.6 Å². The smallest absolute Gasteiger partial charge is 0.141 e. The van der Waals surface area contributed by atoms with Crippen LogP contribution in [-0.2, 0) is 13.1 Å². The number of nitrogens with zero attached hydrogens (tertiary/aromatic N) is 5. The number of likely N-dealkylation sites (tertiary alicyclic amines) is 1. The Hall–Kier alpha value is -2.55. The second kappa shape index (κ2) is 10.6. The molecule has 2 saturated heterocycles. The number of rotatable bonds is 7. The van der Waals surface area contributed by atoms with Crippen LogP contribution < -0.4 is 9.64 Å². The maximum absolute atomic E-state index is 13.1. The Labute approximate surface area is 198 Å². The molecule has 4 heterocycles. The minimum atomic E-state index is -0.290. The Balaban J connectivity index is 1.04. The molecule has 6 nitrogen and oxygen atoms in total. The number of piperazine rings is 1. The van der Waals surface area contributed by atoms with Crippen molar-refractivity contribution >= 4 is 17.2 Å². The lowest BCUT2D eigenvalue weighted by atomic mass is 10.1. The van der Waals surface area contributed by atoms with E-state index in [0.29, 0.717) is 6.10 Å². The van der Waals surface area contributed by atoms with Crippen LogP contribution in [0.15, 0.2) is 54.3 Å². The highest BCUT2D eigenvalue weighted by Gasteiger charge is 2.21. The highest BCUT2D eigenvalue weighted by molar-refractivity contribution is 7.09. The number of anilines is 1. The molecule has 0 atom stereocenters. The van der Waals surface area contributed by atoms with Gasteiger partial charge in [0.25, 0.3) is 0 Å². The molecule has 174 valence electrons. The summed E-state index contributed by atoms with van der Waals surface area (Å²) < 4.78 is 19.4. The summed E-state index contributed by atoms with van der Waals surface area (Å²) >= 11 is 1.73. The average molecular weight is 468 g/mol. The number of hydrogen-bond donors (Lipinski definition) is 0. The van der Waals surface area contributed by atoms with E-state index in [4.69, 9.17) is 4.74 Å². The maximum atomic E-state index is 13.1. The van der Waals surface area contributed by atoms with Gasteiger partial charge in [-0.05, 0) is 42.7 Å². The Bertz CT molecular complexity index is 983. The summed E-state index contributed by atoms with van der Waals surface area (Å²) in [5, 5.41) is 0. The van der Waals surface area contributed by atoms with Crippen molar-refractivity contribution in [3.8, 4) is 5.75 Å². The van der Waals surface area contributed by atoms with Crippen molar-refractivity contribution in [1.82, 2.24) is 19.8 Å². The fourth-order valence-electron chi connectivity index (χ4n) is 4.54. The molecule has 2 aliphatic rings. The summed E-state index contributed by atoms with van der Waals surface area (Å²) in [4.78, 5) is 16.9. The fourth-order valence-corrected chi connectivity index (χ4v) is 5.18. The normalized spacial score (nSPS) is 18.5. The van der Waals surface area contributed by atoms with E-state index in [1.165, 1.54) is 22.7 Å². The first kappa shape index (κ1) is 22.3. The summed E-state index contributed by atoms with van der Waals surface area (Å²) in [5.41, 5.74) is 3.20. The number of pyridine rings is 1. The van der Waals surface area contributed by atoms with Gasteiger partial charge in [0.2, 0.25) is 0 Å². The van der Waals surface area contributed by atoms with E-state index < -0.39 is 0 Å². The molecule has 8 heteroatoms. The van der Waals surface area contributed by atoms with Crippen molar-refractivity contribution in [2.24, 2.45) is 0 Å². The number of aromatic nitrogens is 2. The van der Waals surface area contributed by atoms with Crippen LogP contribution in [0.1, 0.15) is 23.3 Å². The second-order valence-electron chi connectivity index (χ2n) is 8.80. The summed E-state index contributed by atoms with van der Waals surface area (Å²) in [6, 6.07) is 11.8. The summed E-state index contributed by atoms with van der Waals surface area (Å²) in [6.07, 6.45) is 5.68. The third-order valence-electron chi connectivity index (χ3n) is 6.44. The SMILES string of the molecule is Fc1ccc(N2CCN(Cc3ccc(OC4CCN(Cc5cncs5)CC4)cc3)CC2)nc1. The van der Waals surface area contributed by atoms with Crippen molar-refractivity contribution in [1.29, 1.82) is 0 Å². The predicted octanol–water partition coefficient (Wildman–Crippen LogP) is 4.04. The molecule has 3 aromatic rings. The lowest BCUT2D eigenvalue weighted by Gasteiger charge is -2.35. The molecule has 1 aromatic carbocycles. The van der Waals surface area contributed by atoms with Crippen LogP contribution in [0.3, 0.4) is 0 Å². The molecule has 0 bridgehead atoms. The molecule has 2 aliphatic heterocycles. The lowest BCUT2D eigenvalue weighted by molar-refractivity contribution is 0.0973. The third-order valence-corrected chi connectivity index (χ3v) is 7.20. The Morgan fingerprint density at radius 1 is 0.879 bits per heavy atom. The van der Waals surface area contributed by atoms with Gasteiger partial charge in [0.05, 0.1) is 11.7 Å². The summed E-state index contributed by atoms with van der Waals surface area (Å²) in [6.45, 7) is 7.82. The van der Waals surface area contributed by atoms with Gasteiger partial charge in [-0.25, -0.2) is 9.37 Å². The van der Waals surface area contributed by atoms with Gasteiger partial charge in [-0.3, -0.25) is 14.8 Å². The van der Waals surface area contributed by atoms with Gasteiger partial charge in [-0.1, -0.05) is 12.1 Å². The zero-order chi connectivity index (χ0) is 22.5. The van der Waals surface area contributed by atoms with Crippen LogP contribution >= 0.6 is 11.3 Å². The van der Waals surface area contributed by atoms with Gasteiger partial charge in [0, 0.05) is 63.4 Å². The van der Waals surface area contributed by atoms with Gasteiger partial charge in [-0.15, -0.1) is 11.3 Å². The number of hydrogen-bond acceptors (Lipinski definition) is 7. The van der Waals surface area contributed by atoms with Crippen LogP contribution in [-0.4, -0.2) is 65.1 Å². The van der Waals surface area contributed by atoms with Crippen LogP contribution in [0.4, 0.5) is 10.2 Å². The van der Waals surface area contributed by atoms with E-state index in [1.54, 1.807) is 17.4 Å². The Kier molecular flexibility index (Phi) is 7.14. The molecule has 0 aliphatic carbocycles. The molecular weight excluding hydrogens is 437 g/mol. The monoisotopic (exact) mass is 467 g/mol. The number of halogens is 1.